The quantitative estimate of drug-likeness (QED) is 0.0699. The number of hydrogen-bond donors (Lipinski definition) is 1. The fourth-order valence-electron chi connectivity index (χ4n) is 2.66. The molecule has 0 radical (unpaired) electrons. The Balaban J connectivity index is 0.00000171. The van der Waals surface area contributed by atoms with E-state index in [1.54, 1.807) is 30.3 Å². The monoisotopic (exact) mass is 509 g/mol. The molecule has 0 aliphatic carbocycles. The van der Waals surface area contributed by atoms with Crippen LogP contribution in [0.15, 0.2) is 68.6 Å². The number of benzene rings is 3. The second-order valence-electron chi connectivity index (χ2n) is 5.70. The van der Waals surface area contributed by atoms with Crippen LogP contribution in [0.3, 0.4) is 0 Å². The van der Waals surface area contributed by atoms with Crippen LogP contribution in [-0.2, 0) is 19.5 Å². The Morgan fingerprint density at radius 2 is 1.61 bits per heavy atom. The number of hydrogen-bond acceptors (Lipinski definition) is 11. The van der Waals surface area contributed by atoms with E-state index in [1.807, 2.05) is 0 Å². The largest absolute Gasteiger partial charge is 1.00 e. The molecule has 1 heterocycles. The fourth-order valence-corrected chi connectivity index (χ4v) is 3.90. The van der Waals surface area contributed by atoms with Crippen LogP contribution < -0.4 is 108 Å². The minimum atomic E-state index is -4.81. The van der Waals surface area contributed by atoms with Gasteiger partial charge in [0.25, 0.3) is 0 Å². The van der Waals surface area contributed by atoms with Gasteiger partial charge in [0, 0.05) is 10.3 Å². The summed E-state index contributed by atoms with van der Waals surface area (Å²) < 4.78 is 39.3. The maximum Gasteiger partial charge on any atom is 1.00 e. The van der Waals surface area contributed by atoms with E-state index in [1.165, 1.54) is 12.1 Å². The van der Waals surface area contributed by atoms with Gasteiger partial charge < -0.3 is 9.81 Å². The minimum absolute atomic E-state index is 0. The van der Waals surface area contributed by atoms with E-state index in [4.69, 9.17) is 0 Å². The van der Waals surface area contributed by atoms with Crippen molar-refractivity contribution in [1.29, 1.82) is 0 Å². The second kappa shape index (κ2) is 12.2. The zero-order valence-electron chi connectivity index (χ0n) is 16.2. The maximum atomic E-state index is 11.7. The zero-order valence-corrected chi connectivity index (χ0v) is 24.1. The van der Waals surface area contributed by atoms with Crippen molar-refractivity contribution in [3.05, 3.63) is 48.5 Å². The predicted octanol–water partition coefficient (Wildman–Crippen LogP) is -3.33. The Kier molecular flexibility index (Phi) is 10.8. The van der Waals surface area contributed by atoms with Crippen molar-refractivity contribution in [2.24, 2.45) is 10.2 Å². The number of rotatable bonds is 6. The van der Waals surface area contributed by atoms with Crippen LogP contribution in [0.2, 0.25) is 0 Å². The van der Waals surface area contributed by atoms with Gasteiger partial charge in [0.2, 0.25) is 0 Å². The van der Waals surface area contributed by atoms with Crippen LogP contribution >= 0.6 is 12.0 Å². The molecule has 0 fully saturated rings. The second-order valence-corrected chi connectivity index (χ2v) is 7.82. The molecule has 15 heteroatoms. The van der Waals surface area contributed by atoms with Gasteiger partial charge >= 0.3 is 103 Å². The molecule has 4 rings (SSSR count). The molecular formula is C16H9K2N5O6S2. The summed E-state index contributed by atoms with van der Waals surface area (Å²) in [6.45, 7) is 0. The summed E-state index contributed by atoms with van der Waals surface area (Å²) in [5.41, 5.74) is 2.15. The first-order valence-corrected chi connectivity index (χ1v) is 9.98. The van der Waals surface area contributed by atoms with Crippen molar-refractivity contribution in [2.75, 3.05) is 0 Å². The molecule has 0 atom stereocenters. The first-order valence-electron chi connectivity index (χ1n) is 7.83. The number of azo groups is 1. The summed E-state index contributed by atoms with van der Waals surface area (Å²) in [6, 6.07) is 12.3. The van der Waals surface area contributed by atoms with E-state index in [-0.39, 0.29) is 113 Å². The molecule has 0 saturated heterocycles. The molecule has 0 saturated carbocycles. The molecule has 0 aliphatic rings. The first kappa shape index (κ1) is 27.6. The molecule has 0 unspecified atom stereocenters. The van der Waals surface area contributed by atoms with Crippen molar-refractivity contribution in [2.45, 2.75) is 9.79 Å². The van der Waals surface area contributed by atoms with E-state index in [9.17, 15) is 18.2 Å². The Hall–Kier alpha value is 0.333. The number of nitrogens with one attached hydrogen (secondary N) is 1. The number of aromatic amines is 1. The van der Waals surface area contributed by atoms with Gasteiger partial charge in [-0.3, -0.25) is 5.04 Å². The molecule has 0 bridgehead atoms. The number of fused-ring (bicyclic) bond motifs is 2. The Morgan fingerprint density at radius 1 is 0.935 bits per heavy atom. The van der Waals surface area contributed by atoms with Gasteiger partial charge in [-0.2, -0.15) is 30.0 Å². The SMILES string of the molecule is O=S(=O)([O-])c1cc(SOO[O-])cc2ccc(N=Nc3ccc4n[nH]nc4c3)cc12.[K+].[K+]. The zero-order chi connectivity index (χ0) is 20.4. The van der Waals surface area contributed by atoms with E-state index in [0.717, 1.165) is 6.07 Å². The Labute approximate surface area is 265 Å². The van der Waals surface area contributed by atoms with Crippen molar-refractivity contribution in [3.63, 3.8) is 0 Å². The predicted molar refractivity (Wildman–Crippen MR) is 98.0 cm³/mol. The maximum absolute atomic E-state index is 11.7. The van der Waals surface area contributed by atoms with Gasteiger partial charge in [-0.15, -0.1) is 0 Å². The molecule has 148 valence electrons. The number of H-pyrrole nitrogens is 1. The molecule has 1 N–H and O–H groups in total. The van der Waals surface area contributed by atoms with Gasteiger partial charge in [-0.25, -0.2) is 8.42 Å². The third-order valence-electron chi connectivity index (χ3n) is 3.88. The van der Waals surface area contributed by atoms with Gasteiger partial charge in [-0.05, 0) is 47.9 Å². The normalized spacial score (nSPS) is 11.5. The van der Waals surface area contributed by atoms with Crippen molar-refractivity contribution < 1.29 is 130 Å². The average molecular weight is 510 g/mol. The molecule has 4 aromatic rings. The van der Waals surface area contributed by atoms with E-state index < -0.39 is 15.0 Å². The fraction of sp³-hybridized carbons (Fsp3) is 0. The van der Waals surface area contributed by atoms with Crippen LogP contribution in [0.1, 0.15) is 0 Å². The van der Waals surface area contributed by atoms with Crippen LogP contribution in [-0.4, -0.2) is 28.4 Å². The first-order chi connectivity index (χ1) is 13.9. The van der Waals surface area contributed by atoms with E-state index >= 15 is 0 Å². The van der Waals surface area contributed by atoms with Crippen LogP contribution in [0.25, 0.3) is 21.8 Å². The Bertz CT molecular complexity index is 1350. The molecule has 0 aliphatic heterocycles. The smallest absolute Gasteiger partial charge is 0.744 e. The van der Waals surface area contributed by atoms with Gasteiger partial charge in [0.05, 0.1) is 28.3 Å². The summed E-state index contributed by atoms with van der Waals surface area (Å²) in [4.78, 5) is -0.272. The number of nitrogens with zero attached hydrogens (tertiary/aromatic N) is 4. The van der Waals surface area contributed by atoms with Crippen molar-refractivity contribution >= 4 is 55.3 Å². The number of aromatic nitrogens is 3. The van der Waals surface area contributed by atoms with Crippen LogP contribution in [0, 0.1) is 0 Å². The molecular weight excluding hydrogens is 501 g/mol. The van der Waals surface area contributed by atoms with Gasteiger partial charge in [-0.1, -0.05) is 6.07 Å². The van der Waals surface area contributed by atoms with Gasteiger partial charge in [0.15, 0.2) is 0 Å². The molecule has 3 aromatic carbocycles. The minimum Gasteiger partial charge on any atom is -0.744 e. The average Bonchev–Trinajstić information content (AvgIpc) is 3.17. The molecule has 0 spiro atoms. The third kappa shape index (κ3) is 6.92. The summed E-state index contributed by atoms with van der Waals surface area (Å²) in [5.74, 6) is 0. The summed E-state index contributed by atoms with van der Waals surface area (Å²) in [6.07, 6.45) is 0. The summed E-state index contributed by atoms with van der Waals surface area (Å²) >= 11 is 0.485. The van der Waals surface area contributed by atoms with Gasteiger partial charge in [0.1, 0.15) is 21.2 Å². The summed E-state index contributed by atoms with van der Waals surface area (Å²) in [5, 5.41) is 32.4. The van der Waals surface area contributed by atoms with E-state index in [2.05, 4.69) is 35.0 Å². The third-order valence-corrected chi connectivity index (χ3v) is 5.31. The van der Waals surface area contributed by atoms with E-state index in [0.29, 0.717) is 39.8 Å². The van der Waals surface area contributed by atoms with Crippen LogP contribution in [0.5, 0.6) is 0 Å². The molecule has 0 amide bonds. The van der Waals surface area contributed by atoms with Crippen LogP contribution in [0.4, 0.5) is 11.4 Å². The van der Waals surface area contributed by atoms with Crippen molar-refractivity contribution in [3.8, 4) is 0 Å². The Morgan fingerprint density at radius 3 is 2.32 bits per heavy atom. The molecule has 1 aromatic heterocycles. The van der Waals surface area contributed by atoms with Crippen molar-refractivity contribution in [1.82, 2.24) is 15.4 Å². The standard InChI is InChI=1S/C16H11N5O6S2.2K/c22-26-27-28-12-5-9-1-2-10(6-13(9)16(8-12)29(23,24)25)17-18-11-3-4-14-15(7-11)20-21-19-14;;/h1-8,22H,(H,19,20,21)(H,23,24,25);;/q;2*+1/p-2. The topological polar surface area (TPSA) is 165 Å². The molecule has 11 nitrogen and oxygen atoms in total. The summed E-state index contributed by atoms with van der Waals surface area (Å²) in [7, 11) is -4.81. The molecule has 31 heavy (non-hydrogen) atoms.